The van der Waals surface area contributed by atoms with Gasteiger partial charge in [-0.15, -0.1) is 0 Å². The molecular weight excluding hydrogens is 264 g/mol. The van der Waals surface area contributed by atoms with Crippen molar-refractivity contribution in [1.82, 2.24) is 15.1 Å². The zero-order valence-electron chi connectivity index (χ0n) is 13.1. The number of rotatable bonds is 2. The Morgan fingerprint density at radius 3 is 2.38 bits per heavy atom. The molecule has 3 N–H and O–H groups in total. The van der Waals surface area contributed by atoms with E-state index >= 15 is 0 Å². The molecule has 1 saturated heterocycles. The van der Waals surface area contributed by atoms with Crippen LogP contribution in [0.15, 0.2) is 0 Å². The Labute approximate surface area is 126 Å². The number of nitrogens with two attached hydrogens (primary N) is 1. The average Bonchev–Trinajstić information content (AvgIpc) is 3.06. The molecular formula is C16H26N4O. The van der Waals surface area contributed by atoms with Crippen LogP contribution in [0.3, 0.4) is 0 Å². The van der Waals surface area contributed by atoms with Gasteiger partial charge in [-0.05, 0) is 37.0 Å². The summed E-state index contributed by atoms with van der Waals surface area (Å²) in [7, 11) is 0. The summed E-state index contributed by atoms with van der Waals surface area (Å²) in [5, 5.41) is 7.08. The van der Waals surface area contributed by atoms with Gasteiger partial charge in [-0.2, -0.15) is 5.10 Å². The fourth-order valence-electron chi connectivity index (χ4n) is 3.93. The maximum Gasteiger partial charge on any atom is 0.276 e. The third-order valence-electron chi connectivity index (χ3n) is 5.39. The molecule has 5 heteroatoms. The van der Waals surface area contributed by atoms with Crippen LogP contribution >= 0.6 is 0 Å². The number of nitrogens with zero attached hydrogens (tertiary/aromatic N) is 2. The van der Waals surface area contributed by atoms with E-state index in [-0.39, 0.29) is 11.8 Å². The first-order valence-corrected chi connectivity index (χ1v) is 8.15. The zero-order chi connectivity index (χ0) is 15.0. The van der Waals surface area contributed by atoms with E-state index < -0.39 is 0 Å². The van der Waals surface area contributed by atoms with Gasteiger partial charge in [0.25, 0.3) is 5.91 Å². The van der Waals surface area contributed by atoms with Crippen molar-refractivity contribution in [3.63, 3.8) is 0 Å². The second kappa shape index (κ2) is 5.35. The van der Waals surface area contributed by atoms with Crippen LogP contribution in [0.2, 0.25) is 0 Å². The molecule has 1 aromatic heterocycles. The number of aromatic amines is 1. The van der Waals surface area contributed by atoms with E-state index in [0.29, 0.717) is 16.8 Å². The lowest BCUT2D eigenvalue weighted by Gasteiger charge is -2.39. The molecule has 21 heavy (non-hydrogen) atoms. The molecule has 0 unspecified atom stereocenters. The fourth-order valence-corrected chi connectivity index (χ4v) is 3.93. The van der Waals surface area contributed by atoms with Gasteiger partial charge >= 0.3 is 0 Å². The average molecular weight is 290 g/mol. The lowest BCUT2D eigenvalue weighted by molar-refractivity contribution is 0.0583. The monoisotopic (exact) mass is 290 g/mol. The number of likely N-dealkylation sites (tertiary alicyclic amines) is 1. The molecule has 1 aromatic rings. The van der Waals surface area contributed by atoms with Gasteiger partial charge in [0.1, 0.15) is 0 Å². The van der Waals surface area contributed by atoms with Crippen molar-refractivity contribution in [3.05, 3.63) is 11.4 Å². The molecule has 0 aromatic carbocycles. The van der Waals surface area contributed by atoms with Gasteiger partial charge in [0.2, 0.25) is 0 Å². The number of piperidine rings is 1. The summed E-state index contributed by atoms with van der Waals surface area (Å²) in [5.74, 6) is 0.241. The minimum absolute atomic E-state index is 0.0107. The second-order valence-electron chi connectivity index (χ2n) is 7.05. The molecule has 116 valence electrons. The van der Waals surface area contributed by atoms with Gasteiger partial charge in [-0.1, -0.05) is 26.7 Å². The molecule has 2 heterocycles. The van der Waals surface area contributed by atoms with Gasteiger partial charge in [-0.25, -0.2) is 0 Å². The standard InChI is InChI=1S/C16H26N4O/c1-11(2)13-12(17)14(19-18-13)15(21)20-9-7-16(8-10-20)5-3-4-6-16/h11H,3-10,17H2,1-2H3,(H,18,19). The minimum Gasteiger partial charge on any atom is -0.395 e. The SMILES string of the molecule is CC(C)c1[nH]nc(C(=O)N2CCC3(CCCC3)CC2)c1N. The smallest absolute Gasteiger partial charge is 0.276 e. The number of carbonyl (C=O) groups excluding carboxylic acids is 1. The van der Waals surface area contributed by atoms with Gasteiger partial charge in [-0.3, -0.25) is 9.89 Å². The Bertz CT molecular complexity index is 518. The lowest BCUT2D eigenvalue weighted by Crippen LogP contribution is -2.42. The summed E-state index contributed by atoms with van der Waals surface area (Å²) < 4.78 is 0. The number of anilines is 1. The van der Waals surface area contributed by atoms with Crippen molar-refractivity contribution >= 4 is 11.6 Å². The van der Waals surface area contributed by atoms with E-state index in [9.17, 15) is 4.79 Å². The van der Waals surface area contributed by atoms with Crippen molar-refractivity contribution in [2.45, 2.75) is 58.3 Å². The highest BCUT2D eigenvalue weighted by molar-refractivity contribution is 5.97. The summed E-state index contributed by atoms with van der Waals surface area (Å²) in [5.41, 5.74) is 8.40. The highest BCUT2D eigenvalue weighted by Crippen LogP contribution is 2.46. The summed E-state index contributed by atoms with van der Waals surface area (Å²) >= 11 is 0. The van der Waals surface area contributed by atoms with Crippen molar-refractivity contribution in [2.75, 3.05) is 18.8 Å². The molecule has 1 amide bonds. The summed E-state index contributed by atoms with van der Waals surface area (Å²) in [6.45, 7) is 5.79. The van der Waals surface area contributed by atoms with Crippen molar-refractivity contribution in [1.29, 1.82) is 0 Å². The first-order valence-electron chi connectivity index (χ1n) is 8.15. The molecule has 2 fully saturated rings. The number of hydrogen-bond donors (Lipinski definition) is 2. The third kappa shape index (κ3) is 2.54. The van der Waals surface area contributed by atoms with Crippen molar-refractivity contribution in [3.8, 4) is 0 Å². The maximum atomic E-state index is 12.6. The highest BCUT2D eigenvalue weighted by Gasteiger charge is 2.38. The number of nitrogen functional groups attached to an aromatic ring is 1. The van der Waals surface area contributed by atoms with Crippen LogP contribution in [0.5, 0.6) is 0 Å². The highest BCUT2D eigenvalue weighted by atomic mass is 16.2. The molecule has 0 bridgehead atoms. The topological polar surface area (TPSA) is 75.0 Å². The summed E-state index contributed by atoms with van der Waals surface area (Å²) in [4.78, 5) is 14.6. The quantitative estimate of drug-likeness (QED) is 0.879. The predicted molar refractivity (Wildman–Crippen MR) is 83.1 cm³/mol. The Morgan fingerprint density at radius 1 is 1.24 bits per heavy atom. The minimum atomic E-state index is -0.0107. The van der Waals surface area contributed by atoms with Crippen molar-refractivity contribution in [2.24, 2.45) is 5.41 Å². The van der Waals surface area contributed by atoms with E-state index in [1.807, 2.05) is 18.7 Å². The van der Waals surface area contributed by atoms with Crippen LogP contribution in [0, 0.1) is 5.41 Å². The number of aromatic nitrogens is 2. The normalized spacial score (nSPS) is 21.4. The lowest BCUT2D eigenvalue weighted by atomic mass is 9.77. The molecule has 1 saturated carbocycles. The second-order valence-corrected chi connectivity index (χ2v) is 7.05. The molecule has 0 radical (unpaired) electrons. The van der Waals surface area contributed by atoms with E-state index in [1.54, 1.807) is 0 Å². The molecule has 1 spiro atoms. The Balaban J connectivity index is 1.69. The Morgan fingerprint density at radius 2 is 1.86 bits per heavy atom. The van der Waals surface area contributed by atoms with E-state index in [2.05, 4.69) is 10.2 Å². The van der Waals surface area contributed by atoms with Crippen LogP contribution in [-0.4, -0.2) is 34.1 Å². The number of H-pyrrole nitrogens is 1. The first kappa shape index (κ1) is 14.4. The van der Waals surface area contributed by atoms with E-state index in [4.69, 9.17) is 5.73 Å². The summed E-state index contributed by atoms with van der Waals surface area (Å²) in [6, 6.07) is 0. The molecule has 1 aliphatic carbocycles. The zero-order valence-corrected chi connectivity index (χ0v) is 13.1. The summed E-state index contributed by atoms with van der Waals surface area (Å²) in [6.07, 6.45) is 7.68. The van der Waals surface area contributed by atoms with Crippen LogP contribution in [0.25, 0.3) is 0 Å². The van der Waals surface area contributed by atoms with Gasteiger partial charge in [0.05, 0.1) is 11.4 Å². The van der Waals surface area contributed by atoms with E-state index in [0.717, 1.165) is 31.6 Å². The molecule has 1 aliphatic heterocycles. The van der Waals surface area contributed by atoms with Gasteiger partial charge in [0.15, 0.2) is 5.69 Å². The molecule has 2 aliphatic rings. The Kier molecular flexibility index (Phi) is 3.68. The largest absolute Gasteiger partial charge is 0.395 e. The van der Waals surface area contributed by atoms with Crippen LogP contribution in [-0.2, 0) is 0 Å². The van der Waals surface area contributed by atoms with Crippen LogP contribution in [0.4, 0.5) is 5.69 Å². The molecule has 5 nitrogen and oxygen atoms in total. The fraction of sp³-hybridized carbons (Fsp3) is 0.750. The van der Waals surface area contributed by atoms with E-state index in [1.165, 1.54) is 25.7 Å². The number of carbonyl (C=O) groups is 1. The first-order chi connectivity index (χ1) is 10.0. The maximum absolute atomic E-state index is 12.6. The predicted octanol–water partition coefficient (Wildman–Crippen LogP) is 2.91. The molecule has 3 rings (SSSR count). The van der Waals surface area contributed by atoms with Crippen LogP contribution < -0.4 is 5.73 Å². The van der Waals surface area contributed by atoms with Gasteiger partial charge in [0, 0.05) is 13.1 Å². The third-order valence-corrected chi connectivity index (χ3v) is 5.39. The number of hydrogen-bond acceptors (Lipinski definition) is 3. The van der Waals surface area contributed by atoms with Crippen LogP contribution in [0.1, 0.15) is 74.5 Å². The number of nitrogens with one attached hydrogen (secondary N) is 1. The van der Waals surface area contributed by atoms with Crippen molar-refractivity contribution < 1.29 is 4.79 Å². The van der Waals surface area contributed by atoms with Gasteiger partial charge < -0.3 is 10.6 Å². The number of amides is 1. The Hall–Kier alpha value is -1.52. The molecule has 0 atom stereocenters.